The zero-order chi connectivity index (χ0) is 13.2. The maximum Gasteiger partial charge on any atom is 0.241 e. The number of hydrogen-bond acceptors (Lipinski definition) is 2. The molecule has 0 radical (unpaired) electrons. The van der Waals surface area contributed by atoms with Crippen LogP contribution in [0.5, 0.6) is 0 Å². The Bertz CT molecular complexity index is 500. The third kappa shape index (κ3) is 4.05. The number of halogens is 2. The van der Waals surface area contributed by atoms with Crippen LogP contribution in [0.4, 0.5) is 0 Å². The molecule has 0 bridgehead atoms. The summed E-state index contributed by atoms with van der Waals surface area (Å²) in [6.45, 7) is 5.81. The minimum absolute atomic E-state index is 0.101. The Morgan fingerprint density at radius 2 is 1.76 bits per heavy atom. The molecular weight excluding hydrogens is 370 g/mol. The van der Waals surface area contributed by atoms with Gasteiger partial charge in [0, 0.05) is 15.0 Å². The highest BCUT2D eigenvalue weighted by atomic mass is 79.9. The van der Waals surface area contributed by atoms with Gasteiger partial charge in [-0.05, 0) is 47.0 Å². The fourth-order valence-corrected chi connectivity index (χ4v) is 4.28. The van der Waals surface area contributed by atoms with E-state index in [0.29, 0.717) is 4.47 Å². The Morgan fingerprint density at radius 1 is 1.18 bits per heavy atom. The summed E-state index contributed by atoms with van der Waals surface area (Å²) in [6.07, 6.45) is 0. The number of sulfonamides is 1. The van der Waals surface area contributed by atoms with E-state index in [2.05, 4.69) is 36.6 Å². The van der Waals surface area contributed by atoms with Crippen LogP contribution in [0, 0.1) is 5.92 Å². The van der Waals surface area contributed by atoms with Crippen LogP contribution in [-0.4, -0.2) is 14.5 Å². The van der Waals surface area contributed by atoms with Gasteiger partial charge in [-0.2, -0.15) is 0 Å². The van der Waals surface area contributed by atoms with Crippen molar-refractivity contribution in [3.63, 3.8) is 0 Å². The standard InChI is InChI=1S/C11H15Br2NO2S/c1-7(2)8(3)14-17(15,16)11-5-4-9(12)6-10(11)13/h4-8,14H,1-3H3. The van der Waals surface area contributed by atoms with E-state index in [0.717, 1.165) is 4.47 Å². The van der Waals surface area contributed by atoms with Gasteiger partial charge in [0.05, 0.1) is 4.90 Å². The van der Waals surface area contributed by atoms with Crippen LogP contribution in [-0.2, 0) is 10.0 Å². The normalized spacial score (nSPS) is 14.0. The summed E-state index contributed by atoms with van der Waals surface area (Å²) in [6, 6.07) is 4.90. The predicted octanol–water partition coefficient (Wildman–Crippen LogP) is 3.53. The van der Waals surface area contributed by atoms with Crippen LogP contribution in [0.15, 0.2) is 32.0 Å². The van der Waals surface area contributed by atoms with Crippen molar-refractivity contribution in [2.75, 3.05) is 0 Å². The van der Waals surface area contributed by atoms with Gasteiger partial charge in [-0.1, -0.05) is 29.8 Å². The Morgan fingerprint density at radius 3 is 2.24 bits per heavy atom. The summed E-state index contributed by atoms with van der Waals surface area (Å²) in [7, 11) is -3.47. The van der Waals surface area contributed by atoms with Crippen LogP contribution in [0.3, 0.4) is 0 Å². The van der Waals surface area contributed by atoms with E-state index in [9.17, 15) is 8.42 Å². The Balaban J connectivity index is 3.06. The molecule has 0 fully saturated rings. The highest BCUT2D eigenvalue weighted by Gasteiger charge is 2.21. The van der Waals surface area contributed by atoms with Crippen LogP contribution in [0.2, 0.25) is 0 Å². The molecule has 0 saturated heterocycles. The van der Waals surface area contributed by atoms with Crippen molar-refractivity contribution >= 4 is 41.9 Å². The van der Waals surface area contributed by atoms with Crippen LogP contribution in [0.1, 0.15) is 20.8 Å². The van der Waals surface area contributed by atoms with Crippen LogP contribution >= 0.6 is 31.9 Å². The smallest absolute Gasteiger partial charge is 0.208 e. The third-order valence-electron chi connectivity index (χ3n) is 2.52. The molecular formula is C11H15Br2NO2S. The first-order valence-electron chi connectivity index (χ1n) is 5.21. The van der Waals surface area contributed by atoms with Gasteiger partial charge in [0.1, 0.15) is 0 Å². The van der Waals surface area contributed by atoms with E-state index in [-0.39, 0.29) is 16.9 Å². The predicted molar refractivity (Wildman–Crippen MR) is 76.5 cm³/mol. The quantitative estimate of drug-likeness (QED) is 0.862. The van der Waals surface area contributed by atoms with E-state index in [1.54, 1.807) is 18.2 Å². The van der Waals surface area contributed by atoms with Gasteiger partial charge < -0.3 is 0 Å². The summed E-state index contributed by atoms with van der Waals surface area (Å²) in [5.74, 6) is 0.249. The van der Waals surface area contributed by atoms with Gasteiger partial charge in [-0.3, -0.25) is 0 Å². The molecule has 6 heteroatoms. The van der Waals surface area contributed by atoms with E-state index < -0.39 is 10.0 Å². The summed E-state index contributed by atoms with van der Waals surface area (Å²) in [5, 5.41) is 0. The van der Waals surface area contributed by atoms with Gasteiger partial charge in [0.15, 0.2) is 0 Å². The lowest BCUT2D eigenvalue weighted by molar-refractivity contribution is 0.476. The monoisotopic (exact) mass is 383 g/mol. The van der Waals surface area contributed by atoms with Crippen molar-refractivity contribution in [3.8, 4) is 0 Å². The average molecular weight is 385 g/mol. The lowest BCUT2D eigenvalue weighted by Gasteiger charge is -2.18. The SMILES string of the molecule is CC(C)C(C)NS(=O)(=O)c1ccc(Br)cc1Br. The van der Waals surface area contributed by atoms with Crippen molar-refractivity contribution in [2.45, 2.75) is 31.7 Å². The number of nitrogens with one attached hydrogen (secondary N) is 1. The van der Waals surface area contributed by atoms with Crippen molar-refractivity contribution in [1.82, 2.24) is 4.72 Å². The summed E-state index contributed by atoms with van der Waals surface area (Å²) >= 11 is 6.55. The maximum absolute atomic E-state index is 12.1. The molecule has 3 nitrogen and oxygen atoms in total. The van der Waals surface area contributed by atoms with Crippen LogP contribution in [0.25, 0.3) is 0 Å². The molecule has 17 heavy (non-hydrogen) atoms. The van der Waals surface area contributed by atoms with Crippen molar-refractivity contribution in [2.24, 2.45) is 5.92 Å². The molecule has 1 N–H and O–H groups in total. The van der Waals surface area contributed by atoms with Gasteiger partial charge in [0.25, 0.3) is 0 Å². The van der Waals surface area contributed by atoms with Gasteiger partial charge in [-0.15, -0.1) is 0 Å². The molecule has 0 amide bonds. The Hall–Kier alpha value is 0.0900. The van der Waals surface area contributed by atoms with Gasteiger partial charge in [0.2, 0.25) is 10.0 Å². The van der Waals surface area contributed by atoms with E-state index in [4.69, 9.17) is 0 Å². The number of hydrogen-bond donors (Lipinski definition) is 1. The number of benzene rings is 1. The molecule has 0 aromatic heterocycles. The second-order valence-corrected chi connectivity index (χ2v) is 7.68. The maximum atomic E-state index is 12.1. The van der Waals surface area contributed by atoms with E-state index >= 15 is 0 Å². The fraction of sp³-hybridized carbons (Fsp3) is 0.455. The molecule has 0 aliphatic heterocycles. The average Bonchev–Trinajstić information content (AvgIpc) is 2.15. The molecule has 1 atom stereocenters. The van der Waals surface area contributed by atoms with Crippen molar-refractivity contribution < 1.29 is 8.42 Å². The molecule has 1 rings (SSSR count). The second kappa shape index (κ2) is 5.82. The van der Waals surface area contributed by atoms with Crippen molar-refractivity contribution in [1.29, 1.82) is 0 Å². The first-order chi connectivity index (χ1) is 7.74. The highest BCUT2D eigenvalue weighted by Crippen LogP contribution is 2.26. The zero-order valence-electron chi connectivity index (χ0n) is 9.87. The fourth-order valence-electron chi connectivity index (χ4n) is 1.14. The topological polar surface area (TPSA) is 46.2 Å². The highest BCUT2D eigenvalue weighted by molar-refractivity contribution is 9.11. The molecule has 0 heterocycles. The summed E-state index contributed by atoms with van der Waals surface area (Å²) in [4.78, 5) is 0.258. The lowest BCUT2D eigenvalue weighted by Crippen LogP contribution is -2.36. The van der Waals surface area contributed by atoms with Gasteiger partial charge in [-0.25, -0.2) is 13.1 Å². The first kappa shape index (κ1) is 15.1. The van der Waals surface area contributed by atoms with Crippen LogP contribution < -0.4 is 4.72 Å². The zero-order valence-corrected chi connectivity index (χ0v) is 13.9. The molecule has 96 valence electrons. The molecule has 0 saturated carbocycles. The second-order valence-electron chi connectivity index (χ2n) is 4.23. The van der Waals surface area contributed by atoms with E-state index in [1.165, 1.54) is 0 Å². The number of rotatable bonds is 4. The minimum atomic E-state index is -3.47. The van der Waals surface area contributed by atoms with E-state index in [1.807, 2.05) is 20.8 Å². The summed E-state index contributed by atoms with van der Waals surface area (Å²) < 4.78 is 28.3. The molecule has 0 aliphatic carbocycles. The largest absolute Gasteiger partial charge is 0.241 e. The molecule has 1 aromatic rings. The van der Waals surface area contributed by atoms with Gasteiger partial charge >= 0.3 is 0 Å². The molecule has 1 aromatic carbocycles. The summed E-state index contributed by atoms with van der Waals surface area (Å²) in [5.41, 5.74) is 0. The molecule has 0 spiro atoms. The van der Waals surface area contributed by atoms with Crippen molar-refractivity contribution in [3.05, 3.63) is 27.1 Å². The first-order valence-corrected chi connectivity index (χ1v) is 8.28. The molecule has 0 aliphatic rings. The minimum Gasteiger partial charge on any atom is -0.208 e. The third-order valence-corrected chi connectivity index (χ3v) is 5.55. The Labute approximate surface area is 119 Å². The molecule has 1 unspecified atom stereocenters. The lowest BCUT2D eigenvalue weighted by atomic mass is 10.1. The Kier molecular flexibility index (Phi) is 5.19.